The SMILES string of the molecule is BC1(Cl)c2ccccc2Cc2ccccc21. The van der Waals surface area contributed by atoms with Gasteiger partial charge in [-0.25, -0.2) is 0 Å². The fourth-order valence-corrected chi connectivity index (χ4v) is 2.98. The first-order valence-corrected chi connectivity index (χ1v) is 5.93. The first-order chi connectivity index (χ1) is 7.69. The van der Waals surface area contributed by atoms with E-state index >= 15 is 0 Å². The zero-order chi connectivity index (χ0) is 11.2. The van der Waals surface area contributed by atoms with Gasteiger partial charge in [0.1, 0.15) is 7.85 Å². The molecule has 0 unspecified atom stereocenters. The summed E-state index contributed by atoms with van der Waals surface area (Å²) in [6.45, 7) is 0. The zero-order valence-corrected chi connectivity index (χ0v) is 9.96. The van der Waals surface area contributed by atoms with Crippen LogP contribution in [-0.2, 0) is 11.2 Å². The lowest BCUT2D eigenvalue weighted by molar-refractivity contribution is 0.915. The van der Waals surface area contributed by atoms with Crippen molar-refractivity contribution in [2.75, 3.05) is 0 Å². The van der Waals surface area contributed by atoms with Crippen molar-refractivity contribution in [3.05, 3.63) is 70.8 Å². The number of hydrogen-bond donors (Lipinski definition) is 0. The molecule has 0 N–H and O–H groups in total. The minimum atomic E-state index is -0.383. The quantitative estimate of drug-likeness (QED) is 0.479. The molecule has 2 aromatic carbocycles. The Balaban J connectivity index is 2.28. The largest absolute Gasteiger partial charge is 0.140 e. The molecule has 0 aliphatic heterocycles. The molecule has 0 bridgehead atoms. The second-order valence-corrected chi connectivity index (χ2v) is 5.25. The Morgan fingerprint density at radius 2 is 1.31 bits per heavy atom. The summed E-state index contributed by atoms with van der Waals surface area (Å²) >= 11 is 6.73. The molecule has 2 heteroatoms. The van der Waals surface area contributed by atoms with Crippen LogP contribution in [-0.4, -0.2) is 7.85 Å². The summed E-state index contributed by atoms with van der Waals surface area (Å²) < 4.78 is -0.383. The fourth-order valence-electron chi connectivity index (χ4n) is 2.62. The monoisotopic (exact) mass is 226 g/mol. The highest BCUT2D eigenvalue weighted by Gasteiger charge is 2.33. The highest BCUT2D eigenvalue weighted by molar-refractivity contribution is 6.46. The van der Waals surface area contributed by atoms with Gasteiger partial charge < -0.3 is 0 Å². The molecule has 78 valence electrons. The Hall–Kier alpha value is -1.21. The molecule has 0 spiro atoms. The third-order valence-electron chi connectivity index (χ3n) is 3.43. The van der Waals surface area contributed by atoms with Crippen LogP contribution in [0.5, 0.6) is 0 Å². The van der Waals surface area contributed by atoms with Gasteiger partial charge in [-0.1, -0.05) is 48.5 Å². The average Bonchev–Trinajstić information content (AvgIpc) is 2.29. The Morgan fingerprint density at radius 1 is 0.875 bits per heavy atom. The summed E-state index contributed by atoms with van der Waals surface area (Å²) in [7, 11) is 2.09. The van der Waals surface area contributed by atoms with E-state index in [1.807, 2.05) is 0 Å². The summed E-state index contributed by atoms with van der Waals surface area (Å²) in [5.41, 5.74) is 5.18. The maximum absolute atomic E-state index is 6.73. The lowest BCUT2D eigenvalue weighted by Gasteiger charge is -2.33. The van der Waals surface area contributed by atoms with E-state index in [0.29, 0.717) is 0 Å². The molecule has 0 radical (unpaired) electrons. The highest BCUT2D eigenvalue weighted by Crippen LogP contribution is 2.41. The van der Waals surface area contributed by atoms with E-state index in [0.717, 1.165) is 6.42 Å². The van der Waals surface area contributed by atoms with Crippen molar-refractivity contribution in [2.45, 2.75) is 11.2 Å². The Bertz CT molecular complexity index is 498. The smallest absolute Gasteiger partial charge is 0.119 e. The second kappa shape index (κ2) is 3.39. The van der Waals surface area contributed by atoms with Crippen LogP contribution < -0.4 is 0 Å². The lowest BCUT2D eigenvalue weighted by Crippen LogP contribution is -2.27. The molecule has 3 rings (SSSR count). The first-order valence-electron chi connectivity index (χ1n) is 5.55. The molecule has 0 saturated heterocycles. The minimum absolute atomic E-state index is 0.383. The van der Waals surface area contributed by atoms with Crippen LogP contribution in [0, 0.1) is 0 Å². The number of fused-ring (bicyclic) bond motifs is 2. The molecule has 16 heavy (non-hydrogen) atoms. The maximum Gasteiger partial charge on any atom is 0.140 e. The van der Waals surface area contributed by atoms with Gasteiger partial charge in [0.25, 0.3) is 0 Å². The van der Waals surface area contributed by atoms with E-state index < -0.39 is 0 Å². The summed E-state index contributed by atoms with van der Waals surface area (Å²) in [6, 6.07) is 16.9. The molecule has 1 aliphatic rings. The Labute approximate surface area is 102 Å². The van der Waals surface area contributed by atoms with Crippen LogP contribution in [0.1, 0.15) is 22.3 Å². The number of hydrogen-bond acceptors (Lipinski definition) is 0. The highest BCUT2D eigenvalue weighted by atomic mass is 35.5. The van der Waals surface area contributed by atoms with Gasteiger partial charge in [-0.05, 0) is 28.7 Å². The third kappa shape index (κ3) is 1.31. The van der Waals surface area contributed by atoms with Gasteiger partial charge in [0.2, 0.25) is 0 Å². The van der Waals surface area contributed by atoms with E-state index in [2.05, 4.69) is 56.4 Å². The van der Waals surface area contributed by atoms with Crippen molar-refractivity contribution in [1.29, 1.82) is 0 Å². The summed E-state index contributed by atoms with van der Waals surface area (Å²) in [5.74, 6) is 0. The number of halogens is 1. The zero-order valence-electron chi connectivity index (χ0n) is 9.20. The van der Waals surface area contributed by atoms with Crippen molar-refractivity contribution < 1.29 is 0 Å². The molecule has 0 saturated carbocycles. The van der Waals surface area contributed by atoms with Crippen LogP contribution in [0.25, 0.3) is 0 Å². The van der Waals surface area contributed by atoms with Crippen LogP contribution in [0.3, 0.4) is 0 Å². The van der Waals surface area contributed by atoms with Crippen LogP contribution in [0.2, 0.25) is 0 Å². The maximum atomic E-state index is 6.73. The summed E-state index contributed by atoms with van der Waals surface area (Å²) in [4.78, 5) is 0. The molecule has 2 aromatic rings. The predicted octanol–water partition coefficient (Wildman–Crippen LogP) is 2.66. The standard InChI is InChI=1S/C14H12BCl/c15-14(16)12-7-3-1-5-10(12)9-11-6-2-4-8-13(11)14/h1-8H,9,15H2. The summed E-state index contributed by atoms with van der Waals surface area (Å²) in [6.07, 6.45) is 0.995. The lowest BCUT2D eigenvalue weighted by atomic mass is 9.67. The van der Waals surface area contributed by atoms with E-state index in [4.69, 9.17) is 11.6 Å². The molecule has 0 nitrogen and oxygen atoms in total. The van der Waals surface area contributed by atoms with Crippen molar-refractivity contribution in [3.8, 4) is 0 Å². The molecule has 0 heterocycles. The average molecular weight is 227 g/mol. The summed E-state index contributed by atoms with van der Waals surface area (Å²) in [5, 5.41) is 0. The van der Waals surface area contributed by atoms with Crippen LogP contribution >= 0.6 is 11.6 Å². The Morgan fingerprint density at radius 3 is 1.81 bits per heavy atom. The van der Waals surface area contributed by atoms with Gasteiger partial charge in [-0.2, -0.15) is 0 Å². The number of alkyl halides is 1. The van der Waals surface area contributed by atoms with Gasteiger partial charge in [0.05, 0.1) is 4.77 Å². The normalized spacial score (nSPS) is 16.3. The van der Waals surface area contributed by atoms with Crippen molar-refractivity contribution in [2.24, 2.45) is 0 Å². The molecule has 0 fully saturated rings. The topological polar surface area (TPSA) is 0 Å². The van der Waals surface area contributed by atoms with E-state index in [1.165, 1.54) is 22.3 Å². The number of benzene rings is 2. The van der Waals surface area contributed by atoms with E-state index in [1.54, 1.807) is 0 Å². The van der Waals surface area contributed by atoms with Gasteiger partial charge in [0.15, 0.2) is 0 Å². The van der Waals surface area contributed by atoms with Crippen molar-refractivity contribution >= 4 is 19.4 Å². The van der Waals surface area contributed by atoms with Crippen LogP contribution in [0.15, 0.2) is 48.5 Å². The van der Waals surface area contributed by atoms with Crippen molar-refractivity contribution in [3.63, 3.8) is 0 Å². The first kappa shape index (κ1) is 9.98. The molecular weight excluding hydrogens is 214 g/mol. The molecule has 0 atom stereocenters. The molecule has 1 aliphatic carbocycles. The third-order valence-corrected chi connectivity index (χ3v) is 3.83. The fraction of sp³-hybridized carbons (Fsp3) is 0.143. The molecule has 0 amide bonds. The van der Waals surface area contributed by atoms with Gasteiger partial charge >= 0.3 is 0 Å². The Kier molecular flexibility index (Phi) is 2.12. The molecular formula is C14H12BCl. The van der Waals surface area contributed by atoms with Crippen molar-refractivity contribution in [1.82, 2.24) is 0 Å². The second-order valence-electron chi connectivity index (χ2n) is 4.49. The van der Waals surface area contributed by atoms with Crippen LogP contribution in [0.4, 0.5) is 0 Å². The number of rotatable bonds is 0. The minimum Gasteiger partial charge on any atom is -0.119 e. The van der Waals surface area contributed by atoms with Gasteiger partial charge in [-0.3, -0.25) is 0 Å². The van der Waals surface area contributed by atoms with E-state index in [9.17, 15) is 0 Å². The van der Waals surface area contributed by atoms with E-state index in [-0.39, 0.29) is 4.77 Å². The molecule has 0 aromatic heterocycles. The predicted molar refractivity (Wildman–Crippen MR) is 70.9 cm³/mol. The van der Waals surface area contributed by atoms with Gasteiger partial charge in [0, 0.05) is 0 Å². The van der Waals surface area contributed by atoms with Gasteiger partial charge in [-0.15, -0.1) is 11.6 Å².